The fourth-order valence-electron chi connectivity index (χ4n) is 4.42. The molecule has 0 unspecified atom stereocenters. The van der Waals surface area contributed by atoms with E-state index < -0.39 is 24.2 Å². The van der Waals surface area contributed by atoms with Gasteiger partial charge in [0.1, 0.15) is 0 Å². The van der Waals surface area contributed by atoms with Gasteiger partial charge in [-0.15, -0.1) is 0 Å². The van der Waals surface area contributed by atoms with Gasteiger partial charge in [0.2, 0.25) is 0 Å². The van der Waals surface area contributed by atoms with Crippen LogP contribution in [-0.2, 0) is 20.1 Å². The Bertz CT molecular complexity index is 606. The van der Waals surface area contributed by atoms with Gasteiger partial charge in [-0.05, 0) is 0 Å². The average Bonchev–Trinajstić information content (AvgIpc) is 2.98. The summed E-state index contributed by atoms with van der Waals surface area (Å²) in [7, 11) is 3.10. The molecular weight excluding hydrogens is 445 g/mol. The van der Waals surface area contributed by atoms with Gasteiger partial charge in [0, 0.05) is 0 Å². The van der Waals surface area contributed by atoms with E-state index in [1.54, 1.807) is 14.2 Å². The standard InChI is InChI=1S/C10H10NO3.3C4H9.Sn/c1-13-10(14-2)7-5-3-4-6-8(7)11-9(10)12;3*1-3-4-2;/h4-6H,1-2H3,(H,11,12);3*1,3-4H2,2H3;. The number of unbranched alkanes of at least 4 members (excludes halogenated alkanes) is 3. The maximum atomic E-state index is 12.5. The molecule has 1 heterocycles. The molecule has 27 heavy (non-hydrogen) atoms. The Hall–Kier alpha value is -0.591. The number of rotatable bonds is 12. The molecule has 5 heteroatoms. The predicted molar refractivity (Wildman–Crippen MR) is 115 cm³/mol. The topological polar surface area (TPSA) is 47.6 Å². The number of methoxy groups -OCH3 is 2. The Morgan fingerprint density at radius 3 is 1.89 bits per heavy atom. The summed E-state index contributed by atoms with van der Waals surface area (Å²) in [4.78, 5) is 12.5. The van der Waals surface area contributed by atoms with E-state index in [0.29, 0.717) is 0 Å². The molecule has 0 aromatic heterocycles. The Labute approximate surface area is 169 Å². The summed E-state index contributed by atoms with van der Waals surface area (Å²) in [5.74, 6) is -1.53. The summed E-state index contributed by atoms with van der Waals surface area (Å²) in [6, 6.07) is 6.65. The molecule has 0 spiro atoms. The molecule has 1 aromatic rings. The fourth-order valence-corrected chi connectivity index (χ4v) is 20.4. The zero-order valence-electron chi connectivity index (χ0n) is 17.8. The van der Waals surface area contributed by atoms with E-state index in [4.69, 9.17) is 9.47 Å². The van der Waals surface area contributed by atoms with Crippen molar-refractivity contribution >= 4 is 33.6 Å². The van der Waals surface area contributed by atoms with Crippen LogP contribution in [0.2, 0.25) is 13.3 Å². The van der Waals surface area contributed by atoms with Gasteiger partial charge in [-0.25, -0.2) is 0 Å². The second-order valence-corrected chi connectivity index (χ2v) is 21.1. The van der Waals surface area contributed by atoms with Crippen molar-refractivity contribution in [2.45, 2.75) is 78.4 Å². The Morgan fingerprint density at radius 2 is 1.44 bits per heavy atom. The molecule has 0 fully saturated rings. The van der Waals surface area contributed by atoms with Crippen LogP contribution in [0.5, 0.6) is 0 Å². The third-order valence-corrected chi connectivity index (χ3v) is 21.7. The molecule has 1 N–H and O–H groups in total. The number of nitrogens with one attached hydrogen (secondary N) is 1. The molecule has 0 saturated heterocycles. The van der Waals surface area contributed by atoms with Crippen molar-refractivity contribution in [3.05, 3.63) is 23.8 Å². The second kappa shape index (κ2) is 10.3. The van der Waals surface area contributed by atoms with E-state index >= 15 is 0 Å². The normalized spacial score (nSPS) is 15.7. The molecule has 0 saturated carbocycles. The summed E-state index contributed by atoms with van der Waals surface area (Å²) in [6.07, 6.45) is 7.71. The van der Waals surface area contributed by atoms with Crippen LogP contribution in [0.3, 0.4) is 0 Å². The van der Waals surface area contributed by atoms with Crippen molar-refractivity contribution in [1.29, 1.82) is 0 Å². The van der Waals surface area contributed by atoms with Crippen molar-refractivity contribution in [1.82, 2.24) is 0 Å². The fraction of sp³-hybridized carbons (Fsp3) is 0.682. The van der Waals surface area contributed by atoms with E-state index in [1.807, 2.05) is 0 Å². The minimum atomic E-state index is -2.56. The van der Waals surface area contributed by atoms with Gasteiger partial charge in [0.15, 0.2) is 0 Å². The van der Waals surface area contributed by atoms with Crippen LogP contribution in [0, 0.1) is 0 Å². The number of fused-ring (bicyclic) bond motifs is 1. The summed E-state index contributed by atoms with van der Waals surface area (Å²) in [5, 5.41) is 2.93. The van der Waals surface area contributed by atoms with Gasteiger partial charge in [0.05, 0.1) is 0 Å². The summed E-state index contributed by atoms with van der Waals surface area (Å²) < 4.78 is 16.9. The molecule has 1 amide bonds. The Kier molecular flexibility index (Phi) is 8.63. The monoisotopic (exact) mass is 483 g/mol. The number of ether oxygens (including phenoxy) is 2. The number of amides is 1. The summed E-state index contributed by atoms with van der Waals surface area (Å²) in [6.45, 7) is 6.88. The molecule has 0 radical (unpaired) electrons. The molecule has 0 bridgehead atoms. The van der Waals surface area contributed by atoms with Crippen LogP contribution >= 0.6 is 0 Å². The van der Waals surface area contributed by atoms with Crippen LogP contribution in [0.15, 0.2) is 18.2 Å². The number of hydrogen-bond donors (Lipinski definition) is 1. The SMILES string of the molecule is CCC[CH2][Sn]([CH2]CCC)([CH2]CCC)[c]1ccc2c(c1)C(OC)(OC)C(=O)N2. The van der Waals surface area contributed by atoms with Gasteiger partial charge in [-0.2, -0.15) is 0 Å². The second-order valence-electron chi connectivity index (χ2n) is 7.83. The quantitative estimate of drug-likeness (QED) is 0.332. The average molecular weight is 482 g/mol. The van der Waals surface area contributed by atoms with E-state index in [1.165, 1.54) is 55.4 Å². The van der Waals surface area contributed by atoms with E-state index in [-0.39, 0.29) is 5.91 Å². The van der Waals surface area contributed by atoms with E-state index in [9.17, 15) is 4.79 Å². The predicted octanol–water partition coefficient (Wildman–Crippen LogP) is 5.14. The molecular formula is C22H37NO3Sn. The van der Waals surface area contributed by atoms with Crippen molar-refractivity contribution in [3.8, 4) is 0 Å². The molecule has 2 rings (SSSR count). The third-order valence-electron chi connectivity index (χ3n) is 6.14. The van der Waals surface area contributed by atoms with Gasteiger partial charge in [-0.1, -0.05) is 0 Å². The number of anilines is 1. The van der Waals surface area contributed by atoms with Crippen LogP contribution in [-0.4, -0.2) is 38.5 Å². The summed E-state index contributed by atoms with van der Waals surface area (Å²) >= 11 is -2.56. The zero-order chi connectivity index (χ0) is 19.9. The third kappa shape index (κ3) is 4.54. The first-order valence-corrected chi connectivity index (χ1v) is 18.1. The number of carbonyl (C=O) groups excluding carboxylic acids is 1. The first kappa shape index (κ1) is 22.7. The molecule has 0 aliphatic carbocycles. The molecule has 1 aliphatic rings. The van der Waals surface area contributed by atoms with Gasteiger partial charge < -0.3 is 0 Å². The van der Waals surface area contributed by atoms with Crippen LogP contribution < -0.4 is 8.90 Å². The summed E-state index contributed by atoms with van der Waals surface area (Å²) in [5.41, 5.74) is 1.69. The van der Waals surface area contributed by atoms with Crippen LogP contribution in [0.4, 0.5) is 5.69 Å². The van der Waals surface area contributed by atoms with E-state index in [2.05, 4.69) is 44.3 Å². The zero-order valence-corrected chi connectivity index (χ0v) is 20.7. The first-order valence-electron chi connectivity index (χ1n) is 10.6. The van der Waals surface area contributed by atoms with Crippen LogP contribution in [0.1, 0.15) is 64.9 Å². The molecule has 152 valence electrons. The minimum absolute atomic E-state index is 0.226. The number of benzene rings is 1. The first-order chi connectivity index (χ1) is 13.0. The van der Waals surface area contributed by atoms with Crippen molar-refractivity contribution in [2.24, 2.45) is 0 Å². The maximum absolute atomic E-state index is 12.5. The van der Waals surface area contributed by atoms with Gasteiger partial charge in [0.25, 0.3) is 0 Å². The number of hydrogen-bond acceptors (Lipinski definition) is 3. The number of carbonyl (C=O) groups is 1. The molecule has 1 aromatic carbocycles. The van der Waals surface area contributed by atoms with Crippen molar-refractivity contribution in [2.75, 3.05) is 19.5 Å². The van der Waals surface area contributed by atoms with Gasteiger partial charge in [-0.3, -0.25) is 0 Å². The Morgan fingerprint density at radius 1 is 0.926 bits per heavy atom. The van der Waals surface area contributed by atoms with Gasteiger partial charge >= 0.3 is 170 Å². The van der Waals surface area contributed by atoms with Crippen molar-refractivity contribution < 1.29 is 14.3 Å². The molecule has 1 aliphatic heterocycles. The molecule has 4 nitrogen and oxygen atoms in total. The van der Waals surface area contributed by atoms with E-state index in [0.717, 1.165) is 11.3 Å². The molecule has 0 atom stereocenters. The van der Waals surface area contributed by atoms with Crippen molar-refractivity contribution in [3.63, 3.8) is 0 Å². The van der Waals surface area contributed by atoms with Crippen LogP contribution in [0.25, 0.3) is 0 Å². The Balaban J connectivity index is 2.52.